The maximum Gasteiger partial charge on any atom is 0.416 e. The number of carbonyl (C=O) groups excluding carboxylic acids is 5. The summed E-state index contributed by atoms with van der Waals surface area (Å²) in [7, 11) is 0. The van der Waals surface area contributed by atoms with E-state index in [0.29, 0.717) is 37.5 Å². The van der Waals surface area contributed by atoms with Gasteiger partial charge >= 0.3 is 36.0 Å². The minimum atomic E-state index is -4.75. The molecule has 0 aromatic heterocycles. The Bertz CT molecular complexity index is 1810. The Morgan fingerprint density at radius 3 is 2.05 bits per heavy atom. The van der Waals surface area contributed by atoms with Crippen molar-refractivity contribution >= 4 is 29.8 Å². The van der Waals surface area contributed by atoms with Gasteiger partial charge in [0.15, 0.2) is 5.60 Å². The lowest BCUT2D eigenvalue weighted by atomic mass is 9.50. The van der Waals surface area contributed by atoms with Gasteiger partial charge in [-0.2, -0.15) is 13.2 Å². The molecule has 0 aromatic carbocycles. The second kappa shape index (κ2) is 18.4. The summed E-state index contributed by atoms with van der Waals surface area (Å²) in [5, 5.41) is 21.7. The molecule has 9 rings (SSSR count). The largest absolute Gasteiger partial charge is 0.463 e. The van der Waals surface area contributed by atoms with Crippen LogP contribution in [0.5, 0.6) is 0 Å². The molecule has 15 atom stereocenters. The minimum absolute atomic E-state index is 0.00556. The van der Waals surface area contributed by atoms with Crippen LogP contribution in [0.2, 0.25) is 0 Å². The zero-order valence-electron chi connectivity index (χ0n) is 40.0. The number of carbonyl (C=O) groups is 5. The van der Waals surface area contributed by atoms with Gasteiger partial charge in [-0.3, -0.25) is 19.2 Å². The maximum absolute atomic E-state index is 15.1. The van der Waals surface area contributed by atoms with E-state index in [1.165, 1.54) is 6.42 Å². The smallest absolute Gasteiger partial charge is 0.416 e. The van der Waals surface area contributed by atoms with Gasteiger partial charge in [-0.15, -0.1) is 0 Å². The van der Waals surface area contributed by atoms with Gasteiger partial charge in [0.1, 0.15) is 17.3 Å². The van der Waals surface area contributed by atoms with Crippen LogP contribution >= 0.6 is 0 Å². The van der Waals surface area contributed by atoms with E-state index in [4.69, 9.17) is 23.7 Å². The van der Waals surface area contributed by atoms with Gasteiger partial charge in [0.05, 0.1) is 36.9 Å². The summed E-state index contributed by atoms with van der Waals surface area (Å²) in [6, 6.07) is 0. The van der Waals surface area contributed by atoms with E-state index in [1.807, 2.05) is 0 Å². The summed E-state index contributed by atoms with van der Waals surface area (Å²) < 4.78 is 69.9. The maximum atomic E-state index is 15.1. The molecule has 9 aliphatic rings. The van der Waals surface area contributed by atoms with Gasteiger partial charge in [-0.25, -0.2) is 4.79 Å². The van der Waals surface area contributed by atoms with Crippen molar-refractivity contribution in [1.29, 1.82) is 0 Å². The number of cyclic esters (lactones) is 1. The second-order valence-electron chi connectivity index (χ2n) is 24.2. The Balaban J connectivity index is 1.00. The fraction of sp³-hybridized carbons (Fsp3) is 0.902. The van der Waals surface area contributed by atoms with Crippen LogP contribution in [0.15, 0.2) is 0 Å². The van der Waals surface area contributed by atoms with Crippen molar-refractivity contribution in [2.45, 2.75) is 192 Å². The fourth-order valence-corrected chi connectivity index (χ4v) is 15.2. The van der Waals surface area contributed by atoms with Crippen molar-refractivity contribution < 1.29 is 71.0 Å². The third kappa shape index (κ3) is 10.2. The highest BCUT2D eigenvalue weighted by atomic mass is 19.4. The van der Waals surface area contributed by atoms with Crippen molar-refractivity contribution in [3.63, 3.8) is 0 Å². The Labute approximate surface area is 387 Å². The molecule has 0 radical (unpaired) electrons. The molecule has 0 amide bonds. The zero-order valence-corrected chi connectivity index (χ0v) is 40.0. The quantitative estimate of drug-likeness (QED) is 0.106. The number of aliphatic hydroxyl groups is 2. The predicted molar refractivity (Wildman–Crippen MR) is 231 cm³/mol. The average molecular weight is 937 g/mol. The summed E-state index contributed by atoms with van der Waals surface area (Å²) in [6.07, 6.45) is 0.988. The Morgan fingerprint density at radius 2 is 1.48 bits per heavy atom. The summed E-state index contributed by atoms with van der Waals surface area (Å²) >= 11 is 0. The van der Waals surface area contributed by atoms with Crippen molar-refractivity contribution in [2.24, 2.45) is 88.8 Å². The van der Waals surface area contributed by atoms with Crippen molar-refractivity contribution in [1.82, 2.24) is 0 Å². The van der Waals surface area contributed by atoms with Crippen LogP contribution < -0.4 is 0 Å². The van der Waals surface area contributed by atoms with Crippen LogP contribution in [0, 0.1) is 88.8 Å². The van der Waals surface area contributed by atoms with E-state index < -0.39 is 89.3 Å². The summed E-state index contributed by atoms with van der Waals surface area (Å²) in [6.45, 7) is 12.2. The van der Waals surface area contributed by atoms with Gasteiger partial charge in [0.25, 0.3) is 0 Å². The van der Waals surface area contributed by atoms with Gasteiger partial charge in [0, 0.05) is 6.42 Å². The third-order valence-electron chi connectivity index (χ3n) is 18.5. The van der Waals surface area contributed by atoms with Crippen LogP contribution in [-0.2, 0) is 47.7 Å². The second-order valence-corrected chi connectivity index (χ2v) is 24.2. The van der Waals surface area contributed by atoms with Crippen LogP contribution in [0.3, 0.4) is 0 Å². The third-order valence-corrected chi connectivity index (χ3v) is 18.5. The number of aliphatic hydroxyl groups excluding tert-OH is 1. The first kappa shape index (κ1) is 49.5. The summed E-state index contributed by atoms with van der Waals surface area (Å²) in [5.74, 6) is -3.99. The van der Waals surface area contributed by atoms with Crippen LogP contribution in [0.1, 0.15) is 151 Å². The van der Waals surface area contributed by atoms with Crippen LogP contribution in [0.25, 0.3) is 0 Å². The number of halogens is 3. The molecule has 0 aromatic rings. The lowest BCUT2D eigenvalue weighted by Crippen LogP contribution is -2.58. The zero-order chi connectivity index (χ0) is 47.8. The molecule has 8 bridgehead atoms. The van der Waals surface area contributed by atoms with E-state index in [0.717, 1.165) is 45.4 Å². The molecule has 66 heavy (non-hydrogen) atoms. The van der Waals surface area contributed by atoms with Gasteiger partial charge in [0.2, 0.25) is 6.10 Å². The number of rotatable bonds is 17. The molecule has 15 heteroatoms. The topological polar surface area (TPSA) is 172 Å². The van der Waals surface area contributed by atoms with Crippen LogP contribution in [0.4, 0.5) is 13.2 Å². The van der Waals surface area contributed by atoms with Crippen molar-refractivity contribution in [3.05, 3.63) is 0 Å². The number of fused-ring (bicyclic) bond motifs is 4. The first-order valence-corrected chi connectivity index (χ1v) is 25.3. The highest BCUT2D eigenvalue weighted by molar-refractivity contribution is 5.82. The molecule has 372 valence electrons. The molecule has 8 saturated carbocycles. The normalized spacial score (nSPS) is 40.3. The highest BCUT2D eigenvalue weighted by Gasteiger charge is 2.59. The molecule has 1 saturated heterocycles. The van der Waals surface area contributed by atoms with E-state index in [2.05, 4.69) is 13.8 Å². The molecule has 1 heterocycles. The Hall–Kier alpha value is -2.94. The average Bonchev–Trinajstić information content (AvgIpc) is 4.04. The number of hydrogen-bond donors (Lipinski definition) is 2. The first-order valence-electron chi connectivity index (χ1n) is 25.3. The molecule has 0 spiro atoms. The number of alkyl halides is 3. The summed E-state index contributed by atoms with van der Waals surface area (Å²) in [4.78, 5) is 68.7. The fourth-order valence-electron chi connectivity index (χ4n) is 15.2. The SMILES string of the molecule is CC(CC(CC(CC1C(C)C2CC(C(O)CC(=O)OC(C)(C)C)C1C2)C(=O)OC1(C)C2CC3CC(C2)CC1C3)C(=O)OC1CCOC1=O)C(=O)OC1CC2CC1CC2CC(C)(O)C(F)(F)F. The van der Waals surface area contributed by atoms with Crippen LogP contribution in [-0.4, -0.2) is 88.0 Å². The van der Waals surface area contributed by atoms with Gasteiger partial charge in [-0.1, -0.05) is 13.8 Å². The Kier molecular flexibility index (Phi) is 13.8. The standard InChI is InChI=1S/C51H75F3O12/c1-25(44(57)64-42-22-30-16-31(42)17-34(30)24-49(6,61)51(52,53)54)10-32(45(58)63-41-8-9-62-47(41)60)18-33(46(59)66-50(7)35-12-27-11-28(14-35)15-36(50)13-27)21-37-26(2)29-19-38(37)39(20-29)40(55)23-43(56)65-48(3,4)5/h25-42,55,61H,8-24H2,1-7H3. The molecule has 12 nitrogen and oxygen atoms in total. The molecule has 1 aliphatic heterocycles. The van der Waals surface area contributed by atoms with E-state index in [9.17, 15) is 42.6 Å². The lowest BCUT2D eigenvalue weighted by molar-refractivity contribution is -0.259. The molecular weight excluding hydrogens is 862 g/mol. The molecule has 8 aliphatic carbocycles. The lowest BCUT2D eigenvalue weighted by Gasteiger charge is -2.59. The monoisotopic (exact) mass is 937 g/mol. The number of ether oxygens (including phenoxy) is 5. The predicted octanol–water partition coefficient (Wildman–Crippen LogP) is 8.30. The van der Waals surface area contributed by atoms with E-state index in [-0.39, 0.29) is 97.4 Å². The van der Waals surface area contributed by atoms with E-state index >= 15 is 4.79 Å². The minimum Gasteiger partial charge on any atom is -0.463 e. The van der Waals surface area contributed by atoms with Gasteiger partial charge in [-0.05, 0) is 196 Å². The highest BCUT2D eigenvalue weighted by Crippen LogP contribution is 2.61. The Morgan fingerprint density at radius 1 is 0.818 bits per heavy atom. The summed E-state index contributed by atoms with van der Waals surface area (Å²) in [5.41, 5.74) is -4.16. The number of hydrogen-bond acceptors (Lipinski definition) is 12. The molecular formula is C51H75F3O12. The first-order chi connectivity index (χ1) is 30.8. The van der Waals surface area contributed by atoms with Gasteiger partial charge < -0.3 is 33.9 Å². The molecule has 9 fully saturated rings. The van der Waals surface area contributed by atoms with E-state index in [1.54, 1.807) is 27.7 Å². The van der Waals surface area contributed by atoms with Crippen molar-refractivity contribution in [3.8, 4) is 0 Å². The number of esters is 5. The molecule has 2 N–H and O–H groups in total. The molecule has 15 unspecified atom stereocenters. The van der Waals surface area contributed by atoms with Crippen molar-refractivity contribution in [2.75, 3.05) is 6.61 Å².